The summed E-state index contributed by atoms with van der Waals surface area (Å²) in [5.74, 6) is -1.14. The summed E-state index contributed by atoms with van der Waals surface area (Å²) in [6.07, 6.45) is 3.11. The summed E-state index contributed by atoms with van der Waals surface area (Å²) in [5, 5.41) is 18.2. The van der Waals surface area contributed by atoms with Crippen molar-refractivity contribution in [3.63, 3.8) is 0 Å². The second kappa shape index (κ2) is 7.28. The van der Waals surface area contributed by atoms with Gasteiger partial charge in [0.25, 0.3) is 0 Å². The molecule has 0 saturated carbocycles. The van der Waals surface area contributed by atoms with Gasteiger partial charge in [-0.1, -0.05) is 12.1 Å². The molecule has 0 atom stereocenters. The Bertz CT molecular complexity index is 1010. The van der Waals surface area contributed by atoms with E-state index in [1.54, 1.807) is 30.3 Å². The second-order valence-electron chi connectivity index (χ2n) is 6.26. The number of carboxylic acids is 1. The quantitative estimate of drug-likeness (QED) is 0.841. The summed E-state index contributed by atoms with van der Waals surface area (Å²) < 4.78 is 28.2. The molecular weight excluding hydrogens is 352 g/mol. The maximum Gasteiger partial charge on any atom is 0.335 e. The van der Waals surface area contributed by atoms with Crippen LogP contribution in [0.15, 0.2) is 41.3 Å². The molecule has 0 unspecified atom stereocenters. The highest BCUT2D eigenvalue weighted by Crippen LogP contribution is 2.29. The van der Waals surface area contributed by atoms with Gasteiger partial charge < -0.3 is 5.11 Å². The van der Waals surface area contributed by atoms with Crippen molar-refractivity contribution in [2.75, 3.05) is 0 Å². The van der Waals surface area contributed by atoms with Crippen molar-refractivity contribution in [2.24, 2.45) is 0 Å². The summed E-state index contributed by atoms with van der Waals surface area (Å²) >= 11 is 0. The molecule has 0 bridgehead atoms. The van der Waals surface area contributed by atoms with Gasteiger partial charge in [-0.2, -0.15) is 5.26 Å². The molecule has 1 aliphatic carbocycles. The molecule has 0 aliphatic heterocycles. The van der Waals surface area contributed by atoms with E-state index < -0.39 is 16.0 Å². The first-order valence-corrected chi connectivity index (χ1v) is 9.77. The first-order valence-electron chi connectivity index (χ1n) is 8.28. The highest BCUT2D eigenvalue weighted by Gasteiger charge is 2.25. The molecule has 2 aromatic carbocycles. The van der Waals surface area contributed by atoms with Gasteiger partial charge in [0.2, 0.25) is 10.0 Å². The lowest BCUT2D eigenvalue weighted by Gasteiger charge is -2.20. The summed E-state index contributed by atoms with van der Waals surface area (Å²) in [5.41, 5.74) is 2.60. The van der Waals surface area contributed by atoms with Gasteiger partial charge in [-0.15, -0.1) is 0 Å². The normalized spacial score (nSPS) is 13.7. The zero-order valence-corrected chi connectivity index (χ0v) is 14.8. The number of rotatable bonds is 5. The van der Waals surface area contributed by atoms with Crippen LogP contribution in [0.25, 0.3) is 0 Å². The minimum absolute atomic E-state index is 0.0162. The molecule has 7 heteroatoms. The van der Waals surface area contributed by atoms with E-state index in [1.807, 2.05) is 6.07 Å². The monoisotopic (exact) mass is 370 g/mol. The Labute approximate surface area is 152 Å². The van der Waals surface area contributed by atoms with Crippen LogP contribution < -0.4 is 4.72 Å². The van der Waals surface area contributed by atoms with E-state index in [4.69, 9.17) is 5.26 Å². The number of hydrogen-bond donors (Lipinski definition) is 2. The number of aromatic carboxylic acids is 1. The number of carboxylic acid groups (broad SMARTS) is 1. The lowest BCUT2D eigenvalue weighted by molar-refractivity contribution is 0.0696. The highest BCUT2D eigenvalue weighted by molar-refractivity contribution is 7.89. The largest absolute Gasteiger partial charge is 0.478 e. The summed E-state index contributed by atoms with van der Waals surface area (Å²) in [6, 6.07) is 11.5. The smallest absolute Gasteiger partial charge is 0.335 e. The zero-order chi connectivity index (χ0) is 18.7. The maximum absolute atomic E-state index is 12.8. The average Bonchev–Trinajstić information content (AvgIpc) is 2.65. The molecule has 0 heterocycles. The van der Waals surface area contributed by atoms with Crippen LogP contribution in [0.4, 0.5) is 0 Å². The number of benzene rings is 2. The fraction of sp³-hybridized carbons (Fsp3) is 0.263. The van der Waals surface area contributed by atoms with E-state index in [9.17, 15) is 18.3 Å². The van der Waals surface area contributed by atoms with Crippen LogP contribution in [0.3, 0.4) is 0 Å². The minimum atomic E-state index is -3.87. The van der Waals surface area contributed by atoms with Crippen molar-refractivity contribution in [2.45, 2.75) is 37.1 Å². The predicted molar refractivity (Wildman–Crippen MR) is 95.2 cm³/mol. The van der Waals surface area contributed by atoms with Gasteiger partial charge in [-0.05, 0) is 66.6 Å². The number of fused-ring (bicyclic) bond motifs is 1. The van der Waals surface area contributed by atoms with E-state index >= 15 is 0 Å². The van der Waals surface area contributed by atoms with E-state index in [0.717, 1.165) is 18.4 Å². The SMILES string of the molecule is N#Cc1cccc(CNS(=O)(=O)c2cc(C(=O)O)cc3c2CCCC3)c1. The number of carbonyl (C=O) groups is 1. The lowest BCUT2D eigenvalue weighted by atomic mass is 9.90. The Kier molecular flexibility index (Phi) is 5.07. The van der Waals surface area contributed by atoms with Crippen molar-refractivity contribution in [1.29, 1.82) is 5.26 Å². The molecule has 134 valence electrons. The molecule has 1 aliphatic rings. The van der Waals surface area contributed by atoms with Gasteiger partial charge in [0, 0.05) is 6.54 Å². The van der Waals surface area contributed by atoms with Crippen LogP contribution in [-0.4, -0.2) is 19.5 Å². The number of sulfonamides is 1. The lowest BCUT2D eigenvalue weighted by Crippen LogP contribution is -2.26. The van der Waals surface area contributed by atoms with Crippen molar-refractivity contribution in [3.8, 4) is 6.07 Å². The molecule has 0 saturated heterocycles. The van der Waals surface area contributed by atoms with Crippen LogP contribution in [0.1, 0.15) is 45.5 Å². The first-order chi connectivity index (χ1) is 12.4. The van der Waals surface area contributed by atoms with Gasteiger partial charge >= 0.3 is 5.97 Å². The van der Waals surface area contributed by atoms with E-state index in [-0.39, 0.29) is 17.0 Å². The molecular formula is C19H18N2O4S. The van der Waals surface area contributed by atoms with E-state index in [0.29, 0.717) is 29.5 Å². The van der Waals surface area contributed by atoms with Crippen LogP contribution in [0.5, 0.6) is 0 Å². The Balaban J connectivity index is 1.94. The highest BCUT2D eigenvalue weighted by atomic mass is 32.2. The number of nitrogens with zero attached hydrogens (tertiary/aromatic N) is 1. The molecule has 26 heavy (non-hydrogen) atoms. The van der Waals surface area contributed by atoms with Gasteiger partial charge in [0.1, 0.15) is 0 Å². The molecule has 0 fully saturated rings. The third kappa shape index (κ3) is 3.77. The molecule has 3 rings (SSSR count). The number of nitriles is 1. The fourth-order valence-corrected chi connectivity index (χ4v) is 4.55. The Hall–Kier alpha value is -2.69. The Morgan fingerprint density at radius 2 is 1.96 bits per heavy atom. The van der Waals surface area contributed by atoms with Gasteiger partial charge in [0.15, 0.2) is 0 Å². The molecule has 0 spiro atoms. The minimum Gasteiger partial charge on any atom is -0.478 e. The maximum atomic E-state index is 12.8. The van der Waals surface area contributed by atoms with Gasteiger partial charge in [0.05, 0.1) is 22.1 Å². The Morgan fingerprint density at radius 3 is 2.69 bits per heavy atom. The standard InChI is InChI=1S/C19H18N2O4S/c20-11-13-4-3-5-14(8-13)12-21-26(24,25)18-10-16(19(22)23)9-15-6-1-2-7-17(15)18/h3-5,8-10,21H,1-2,6-7,12H2,(H,22,23). The second-order valence-corrected chi connectivity index (χ2v) is 8.00. The van der Waals surface area contributed by atoms with E-state index in [2.05, 4.69) is 4.72 Å². The van der Waals surface area contributed by atoms with Crippen LogP contribution in [0, 0.1) is 11.3 Å². The summed E-state index contributed by atoms with van der Waals surface area (Å²) in [7, 11) is -3.87. The third-order valence-corrected chi connectivity index (χ3v) is 5.95. The van der Waals surface area contributed by atoms with E-state index in [1.165, 1.54) is 6.07 Å². The first kappa shape index (κ1) is 18.1. The summed E-state index contributed by atoms with van der Waals surface area (Å²) in [6.45, 7) is 0.0317. The molecule has 0 aromatic heterocycles. The molecule has 0 amide bonds. The van der Waals surface area contributed by atoms with Gasteiger partial charge in [-0.25, -0.2) is 17.9 Å². The predicted octanol–water partition coefficient (Wildman–Crippen LogP) is 2.61. The van der Waals surface area contributed by atoms with Crippen molar-refractivity contribution < 1.29 is 18.3 Å². The number of hydrogen-bond acceptors (Lipinski definition) is 4. The fourth-order valence-electron chi connectivity index (χ4n) is 3.20. The topological polar surface area (TPSA) is 107 Å². The third-order valence-electron chi connectivity index (χ3n) is 4.48. The molecule has 0 radical (unpaired) electrons. The van der Waals surface area contributed by atoms with Crippen molar-refractivity contribution >= 4 is 16.0 Å². The average molecular weight is 370 g/mol. The molecule has 2 aromatic rings. The van der Waals surface area contributed by atoms with Crippen LogP contribution >= 0.6 is 0 Å². The van der Waals surface area contributed by atoms with Crippen molar-refractivity contribution in [1.82, 2.24) is 4.72 Å². The summed E-state index contributed by atoms with van der Waals surface area (Å²) in [4.78, 5) is 11.4. The number of nitrogens with one attached hydrogen (secondary N) is 1. The van der Waals surface area contributed by atoms with Crippen molar-refractivity contribution in [3.05, 3.63) is 64.2 Å². The molecule has 6 nitrogen and oxygen atoms in total. The van der Waals surface area contributed by atoms with Crippen LogP contribution in [-0.2, 0) is 29.4 Å². The molecule has 2 N–H and O–H groups in total. The van der Waals surface area contributed by atoms with Crippen LogP contribution in [0.2, 0.25) is 0 Å². The number of aryl methyl sites for hydroxylation is 1. The van der Waals surface area contributed by atoms with Gasteiger partial charge in [-0.3, -0.25) is 0 Å². The Morgan fingerprint density at radius 1 is 1.19 bits per heavy atom. The zero-order valence-electron chi connectivity index (χ0n) is 14.0.